The lowest BCUT2D eigenvalue weighted by Gasteiger charge is -2.23. The van der Waals surface area contributed by atoms with Gasteiger partial charge in [0.1, 0.15) is 0 Å². The molecule has 96 valence electrons. The highest BCUT2D eigenvalue weighted by atomic mass is 16.3. The van der Waals surface area contributed by atoms with Crippen molar-refractivity contribution in [2.24, 2.45) is 5.92 Å². The second kappa shape index (κ2) is 5.22. The minimum Gasteiger partial charge on any atom is -0.388 e. The van der Waals surface area contributed by atoms with E-state index in [9.17, 15) is 5.11 Å². The van der Waals surface area contributed by atoms with E-state index in [1.165, 1.54) is 11.1 Å². The van der Waals surface area contributed by atoms with E-state index < -0.39 is 0 Å². The van der Waals surface area contributed by atoms with Gasteiger partial charge in [-0.2, -0.15) is 0 Å². The Morgan fingerprint density at radius 2 is 1.76 bits per heavy atom. The number of hydrogen-bond donors (Lipinski definition) is 1. The molecule has 0 saturated carbocycles. The molecule has 1 rings (SSSR count). The average molecular weight is 234 g/mol. The largest absolute Gasteiger partial charge is 0.388 e. The maximum atomic E-state index is 10.3. The van der Waals surface area contributed by atoms with Crippen molar-refractivity contribution in [3.63, 3.8) is 0 Å². The topological polar surface area (TPSA) is 20.2 Å². The quantitative estimate of drug-likeness (QED) is 0.823. The fourth-order valence-electron chi connectivity index (χ4n) is 2.04. The van der Waals surface area contributed by atoms with Crippen molar-refractivity contribution in [1.29, 1.82) is 0 Å². The van der Waals surface area contributed by atoms with Crippen molar-refractivity contribution in [1.82, 2.24) is 0 Å². The van der Waals surface area contributed by atoms with Crippen LogP contribution in [-0.2, 0) is 5.41 Å². The Labute approximate surface area is 106 Å². The first-order valence-electron chi connectivity index (χ1n) is 6.51. The summed E-state index contributed by atoms with van der Waals surface area (Å²) in [5.41, 5.74) is 3.71. The molecule has 1 aromatic rings. The molecule has 0 aliphatic carbocycles. The van der Waals surface area contributed by atoms with E-state index >= 15 is 0 Å². The normalized spacial score (nSPS) is 14.1. The van der Waals surface area contributed by atoms with Crippen LogP contribution in [0, 0.1) is 12.8 Å². The lowest BCUT2D eigenvalue weighted by atomic mass is 9.84. The molecule has 17 heavy (non-hydrogen) atoms. The summed E-state index contributed by atoms with van der Waals surface area (Å²) in [4.78, 5) is 0. The highest BCUT2D eigenvalue weighted by Crippen LogP contribution is 2.29. The standard InChI is InChI=1S/C16H26O/c1-11(2)9-15(17)14-10-13(16(4,5)6)8-7-12(14)3/h7-8,10-11,15,17H,9H2,1-6H3. The van der Waals surface area contributed by atoms with E-state index in [2.05, 4.69) is 59.7 Å². The van der Waals surface area contributed by atoms with Crippen molar-refractivity contribution in [2.75, 3.05) is 0 Å². The zero-order valence-corrected chi connectivity index (χ0v) is 12.0. The molecule has 0 bridgehead atoms. The molecular weight excluding hydrogens is 208 g/mol. The molecule has 1 atom stereocenters. The molecule has 0 fully saturated rings. The Hall–Kier alpha value is -0.820. The Morgan fingerprint density at radius 1 is 1.18 bits per heavy atom. The fraction of sp³-hybridized carbons (Fsp3) is 0.625. The van der Waals surface area contributed by atoms with Gasteiger partial charge in [0.2, 0.25) is 0 Å². The molecule has 1 heteroatoms. The molecule has 0 heterocycles. The molecule has 0 aliphatic heterocycles. The minimum atomic E-state index is -0.336. The second-order valence-electron chi connectivity index (χ2n) is 6.47. The van der Waals surface area contributed by atoms with Gasteiger partial charge in [0.15, 0.2) is 0 Å². The van der Waals surface area contributed by atoms with Crippen molar-refractivity contribution in [3.8, 4) is 0 Å². The van der Waals surface area contributed by atoms with Gasteiger partial charge in [0.05, 0.1) is 6.10 Å². The third kappa shape index (κ3) is 3.85. The van der Waals surface area contributed by atoms with Crippen LogP contribution in [-0.4, -0.2) is 5.11 Å². The number of benzene rings is 1. The molecule has 1 unspecified atom stereocenters. The van der Waals surface area contributed by atoms with Crippen molar-refractivity contribution < 1.29 is 5.11 Å². The third-order valence-corrected chi connectivity index (χ3v) is 3.20. The molecule has 0 amide bonds. The molecule has 1 aromatic carbocycles. The Bertz CT molecular complexity index is 372. The molecule has 1 nitrogen and oxygen atoms in total. The van der Waals surface area contributed by atoms with Crippen LogP contribution in [0.15, 0.2) is 18.2 Å². The highest BCUT2D eigenvalue weighted by Gasteiger charge is 2.18. The van der Waals surface area contributed by atoms with Crippen LogP contribution in [0.2, 0.25) is 0 Å². The van der Waals surface area contributed by atoms with E-state index in [0.29, 0.717) is 5.92 Å². The summed E-state index contributed by atoms with van der Waals surface area (Å²) in [6.45, 7) is 13.0. The van der Waals surface area contributed by atoms with Gasteiger partial charge in [-0.3, -0.25) is 0 Å². The van der Waals surface area contributed by atoms with E-state index in [0.717, 1.165) is 12.0 Å². The maximum Gasteiger partial charge on any atom is 0.0795 e. The van der Waals surface area contributed by atoms with Gasteiger partial charge in [-0.25, -0.2) is 0 Å². The van der Waals surface area contributed by atoms with Gasteiger partial charge in [-0.05, 0) is 41.4 Å². The van der Waals surface area contributed by atoms with Gasteiger partial charge >= 0.3 is 0 Å². The minimum absolute atomic E-state index is 0.139. The van der Waals surface area contributed by atoms with Crippen LogP contribution in [0.4, 0.5) is 0 Å². The number of aliphatic hydroxyl groups is 1. The SMILES string of the molecule is Cc1ccc(C(C)(C)C)cc1C(O)CC(C)C. The molecule has 0 aromatic heterocycles. The van der Waals surface area contributed by atoms with Crippen LogP contribution < -0.4 is 0 Å². The smallest absolute Gasteiger partial charge is 0.0795 e. The number of aliphatic hydroxyl groups excluding tert-OH is 1. The predicted octanol–water partition coefficient (Wildman–Crippen LogP) is 4.37. The molecule has 0 radical (unpaired) electrons. The second-order valence-corrected chi connectivity index (χ2v) is 6.47. The third-order valence-electron chi connectivity index (χ3n) is 3.20. The number of aryl methyl sites for hydroxylation is 1. The summed E-state index contributed by atoms with van der Waals surface area (Å²) in [7, 11) is 0. The summed E-state index contributed by atoms with van der Waals surface area (Å²) >= 11 is 0. The van der Waals surface area contributed by atoms with Gasteiger partial charge < -0.3 is 5.11 Å². The fourth-order valence-corrected chi connectivity index (χ4v) is 2.04. The summed E-state index contributed by atoms with van der Waals surface area (Å²) in [5, 5.41) is 10.3. The van der Waals surface area contributed by atoms with Crippen LogP contribution in [0.3, 0.4) is 0 Å². The number of rotatable bonds is 3. The molecular formula is C16H26O. The summed E-state index contributed by atoms with van der Waals surface area (Å²) < 4.78 is 0. The molecule has 0 spiro atoms. The predicted molar refractivity (Wildman–Crippen MR) is 74.3 cm³/mol. The van der Waals surface area contributed by atoms with Gasteiger partial charge in [-0.15, -0.1) is 0 Å². The molecule has 0 aliphatic rings. The van der Waals surface area contributed by atoms with Gasteiger partial charge in [-0.1, -0.05) is 52.8 Å². The van der Waals surface area contributed by atoms with E-state index in [4.69, 9.17) is 0 Å². The monoisotopic (exact) mass is 234 g/mol. The molecule has 0 saturated heterocycles. The first kappa shape index (κ1) is 14.2. The van der Waals surface area contributed by atoms with Crippen LogP contribution in [0.25, 0.3) is 0 Å². The van der Waals surface area contributed by atoms with E-state index in [-0.39, 0.29) is 11.5 Å². The van der Waals surface area contributed by atoms with Crippen LogP contribution in [0.1, 0.15) is 63.8 Å². The Morgan fingerprint density at radius 3 is 2.24 bits per heavy atom. The summed E-state index contributed by atoms with van der Waals surface area (Å²) in [6, 6.07) is 6.46. The van der Waals surface area contributed by atoms with Gasteiger partial charge in [0.25, 0.3) is 0 Å². The van der Waals surface area contributed by atoms with Crippen molar-refractivity contribution >= 4 is 0 Å². The van der Waals surface area contributed by atoms with E-state index in [1.807, 2.05) is 0 Å². The maximum absolute atomic E-state index is 10.3. The van der Waals surface area contributed by atoms with Crippen LogP contribution in [0.5, 0.6) is 0 Å². The Kier molecular flexibility index (Phi) is 4.37. The Balaban J connectivity index is 3.06. The lowest BCUT2D eigenvalue weighted by molar-refractivity contribution is 0.150. The highest BCUT2D eigenvalue weighted by molar-refractivity contribution is 5.35. The van der Waals surface area contributed by atoms with Crippen LogP contribution >= 0.6 is 0 Å². The zero-order valence-electron chi connectivity index (χ0n) is 12.0. The molecule has 1 N–H and O–H groups in total. The van der Waals surface area contributed by atoms with Crippen molar-refractivity contribution in [3.05, 3.63) is 34.9 Å². The first-order valence-corrected chi connectivity index (χ1v) is 6.51. The van der Waals surface area contributed by atoms with Gasteiger partial charge in [0, 0.05) is 0 Å². The number of hydrogen-bond acceptors (Lipinski definition) is 1. The zero-order chi connectivity index (χ0) is 13.2. The average Bonchev–Trinajstić information content (AvgIpc) is 2.15. The van der Waals surface area contributed by atoms with Crippen molar-refractivity contribution in [2.45, 2.75) is 59.5 Å². The lowest BCUT2D eigenvalue weighted by Crippen LogP contribution is -2.13. The van der Waals surface area contributed by atoms with E-state index in [1.54, 1.807) is 0 Å². The summed E-state index contributed by atoms with van der Waals surface area (Å²) in [5.74, 6) is 0.516. The first-order chi connectivity index (χ1) is 7.71. The summed E-state index contributed by atoms with van der Waals surface area (Å²) in [6.07, 6.45) is 0.492.